The number of hydrogen-bond acceptors (Lipinski definition) is 2. The average molecular weight is 444 g/mol. The van der Waals surface area contributed by atoms with Crippen LogP contribution in [0.5, 0.6) is 0 Å². The Labute approximate surface area is 197 Å². The van der Waals surface area contributed by atoms with E-state index >= 15 is 0 Å². The molecule has 2 aliphatic heterocycles. The van der Waals surface area contributed by atoms with Gasteiger partial charge in [-0.25, -0.2) is 0 Å². The first-order chi connectivity index (χ1) is 15.8. The van der Waals surface area contributed by atoms with Gasteiger partial charge in [0, 0.05) is 30.5 Å². The zero-order chi connectivity index (χ0) is 23.2. The Bertz CT molecular complexity index is 1160. The van der Waals surface area contributed by atoms with E-state index in [1.54, 1.807) is 0 Å². The molecule has 0 radical (unpaired) electrons. The molecule has 1 atom stereocenters. The van der Waals surface area contributed by atoms with E-state index in [1.165, 1.54) is 46.2 Å². The van der Waals surface area contributed by atoms with Crippen LogP contribution in [-0.4, -0.2) is 42.0 Å². The van der Waals surface area contributed by atoms with Gasteiger partial charge in [-0.3, -0.25) is 4.79 Å². The number of aromatic amines is 1. The Morgan fingerprint density at radius 1 is 1.00 bits per heavy atom. The van der Waals surface area contributed by atoms with Crippen LogP contribution in [0, 0.1) is 13.8 Å². The third kappa shape index (κ3) is 4.10. The van der Waals surface area contributed by atoms with Gasteiger partial charge in [0.1, 0.15) is 0 Å². The number of hydrogen-bond donors (Lipinski definition) is 2. The zero-order valence-corrected chi connectivity index (χ0v) is 20.6. The molecule has 5 rings (SSSR count). The number of amides is 1. The molecule has 3 heterocycles. The molecule has 2 aromatic carbocycles. The SMILES string of the molecule is Cc1cc(C)cc(-c2[nH]c3ccc(C(C)(C)C(=O)N4CCCC4)cc3c2C2CCCNC2)c1. The van der Waals surface area contributed by atoms with Gasteiger partial charge >= 0.3 is 0 Å². The van der Waals surface area contributed by atoms with Gasteiger partial charge in [-0.05, 0) is 107 Å². The van der Waals surface area contributed by atoms with Gasteiger partial charge in [0.15, 0.2) is 0 Å². The number of carbonyl (C=O) groups is 1. The maximum absolute atomic E-state index is 13.4. The molecular weight excluding hydrogens is 406 g/mol. The van der Waals surface area contributed by atoms with Crippen molar-refractivity contribution in [2.24, 2.45) is 0 Å². The highest BCUT2D eigenvalue weighted by Crippen LogP contribution is 2.40. The lowest BCUT2D eigenvalue weighted by molar-refractivity contribution is -0.135. The number of fused-ring (bicyclic) bond motifs is 1. The fraction of sp³-hybridized carbons (Fsp3) is 0.483. The van der Waals surface area contributed by atoms with Gasteiger partial charge in [0.2, 0.25) is 5.91 Å². The van der Waals surface area contributed by atoms with Crippen molar-refractivity contribution in [1.82, 2.24) is 15.2 Å². The number of aryl methyl sites for hydroxylation is 2. The van der Waals surface area contributed by atoms with Gasteiger partial charge in [0.05, 0.1) is 11.1 Å². The van der Waals surface area contributed by atoms with E-state index < -0.39 is 5.41 Å². The van der Waals surface area contributed by atoms with Crippen LogP contribution in [0.2, 0.25) is 0 Å². The molecule has 2 fully saturated rings. The molecule has 0 aliphatic carbocycles. The second kappa shape index (κ2) is 8.64. The second-order valence-corrected chi connectivity index (χ2v) is 10.7. The molecule has 0 spiro atoms. The van der Waals surface area contributed by atoms with E-state index in [2.05, 4.69) is 74.4 Å². The number of likely N-dealkylation sites (tertiary alicyclic amines) is 1. The molecule has 4 nitrogen and oxygen atoms in total. The lowest BCUT2D eigenvalue weighted by atomic mass is 9.81. The summed E-state index contributed by atoms with van der Waals surface area (Å²) in [5.41, 5.74) is 8.24. The van der Waals surface area contributed by atoms with Crippen LogP contribution in [0.1, 0.15) is 67.7 Å². The largest absolute Gasteiger partial charge is 0.354 e. The van der Waals surface area contributed by atoms with E-state index in [9.17, 15) is 4.79 Å². The molecule has 33 heavy (non-hydrogen) atoms. The summed E-state index contributed by atoms with van der Waals surface area (Å²) in [5.74, 6) is 0.723. The molecular formula is C29H37N3O. The quantitative estimate of drug-likeness (QED) is 0.534. The molecule has 1 aromatic heterocycles. The van der Waals surface area contributed by atoms with Gasteiger partial charge in [-0.2, -0.15) is 0 Å². The van der Waals surface area contributed by atoms with E-state index in [0.29, 0.717) is 5.92 Å². The van der Waals surface area contributed by atoms with Crippen molar-refractivity contribution in [1.29, 1.82) is 0 Å². The summed E-state index contributed by atoms with van der Waals surface area (Å²) in [7, 11) is 0. The van der Waals surface area contributed by atoms with Crippen LogP contribution in [0.15, 0.2) is 36.4 Å². The highest BCUT2D eigenvalue weighted by molar-refractivity contribution is 5.94. The lowest BCUT2D eigenvalue weighted by Crippen LogP contribution is -2.41. The smallest absolute Gasteiger partial charge is 0.232 e. The monoisotopic (exact) mass is 443 g/mol. The fourth-order valence-electron chi connectivity index (χ4n) is 5.91. The van der Waals surface area contributed by atoms with Crippen LogP contribution in [0.3, 0.4) is 0 Å². The van der Waals surface area contributed by atoms with Gasteiger partial charge in [0.25, 0.3) is 0 Å². The van der Waals surface area contributed by atoms with Crippen molar-refractivity contribution in [3.8, 4) is 11.3 Å². The molecule has 4 heteroatoms. The molecule has 1 unspecified atom stereocenters. The first kappa shape index (κ1) is 22.2. The van der Waals surface area contributed by atoms with E-state index in [1.807, 2.05) is 4.90 Å². The van der Waals surface area contributed by atoms with Crippen LogP contribution in [0.25, 0.3) is 22.2 Å². The van der Waals surface area contributed by atoms with Crippen LogP contribution in [-0.2, 0) is 10.2 Å². The summed E-state index contributed by atoms with van der Waals surface area (Å²) in [6.45, 7) is 12.4. The van der Waals surface area contributed by atoms with E-state index in [-0.39, 0.29) is 5.91 Å². The maximum Gasteiger partial charge on any atom is 0.232 e. The fourth-order valence-corrected chi connectivity index (χ4v) is 5.91. The summed E-state index contributed by atoms with van der Waals surface area (Å²) in [5, 5.41) is 4.89. The van der Waals surface area contributed by atoms with Crippen molar-refractivity contribution in [2.45, 2.75) is 64.7 Å². The standard InChI is InChI=1S/C29H37N3O/c1-19-14-20(2)16-22(15-19)27-26(21-8-7-11-30-18-21)24-17-23(9-10-25(24)31-27)29(3,4)28(33)32-12-5-6-13-32/h9-10,14-17,21,30-31H,5-8,11-13,18H2,1-4H3. The summed E-state index contributed by atoms with van der Waals surface area (Å²) in [6, 6.07) is 13.5. The first-order valence-corrected chi connectivity index (χ1v) is 12.6. The molecule has 174 valence electrons. The van der Waals surface area contributed by atoms with Crippen LogP contribution in [0.4, 0.5) is 0 Å². The number of carbonyl (C=O) groups excluding carboxylic acids is 1. The summed E-state index contributed by atoms with van der Waals surface area (Å²) < 4.78 is 0. The number of H-pyrrole nitrogens is 1. The van der Waals surface area contributed by atoms with Gasteiger partial charge < -0.3 is 15.2 Å². The lowest BCUT2D eigenvalue weighted by Gasteiger charge is -2.30. The van der Waals surface area contributed by atoms with Gasteiger partial charge in [-0.1, -0.05) is 23.3 Å². The predicted molar refractivity (Wildman–Crippen MR) is 137 cm³/mol. The molecule has 0 saturated carbocycles. The topological polar surface area (TPSA) is 48.1 Å². The van der Waals surface area contributed by atoms with Crippen molar-refractivity contribution < 1.29 is 4.79 Å². The number of benzene rings is 2. The normalized spacial score (nSPS) is 19.4. The Morgan fingerprint density at radius 3 is 2.39 bits per heavy atom. The second-order valence-electron chi connectivity index (χ2n) is 10.7. The maximum atomic E-state index is 13.4. The predicted octanol–water partition coefficient (Wildman–Crippen LogP) is 5.82. The summed E-state index contributed by atoms with van der Waals surface area (Å²) in [6.07, 6.45) is 4.63. The Morgan fingerprint density at radius 2 is 1.73 bits per heavy atom. The average Bonchev–Trinajstić information content (AvgIpc) is 3.46. The molecule has 1 amide bonds. The summed E-state index contributed by atoms with van der Waals surface area (Å²) >= 11 is 0. The number of nitrogens with one attached hydrogen (secondary N) is 2. The highest BCUT2D eigenvalue weighted by atomic mass is 16.2. The van der Waals surface area contributed by atoms with Crippen molar-refractivity contribution >= 4 is 16.8 Å². The van der Waals surface area contributed by atoms with Crippen molar-refractivity contribution in [2.75, 3.05) is 26.2 Å². The molecule has 2 N–H and O–H groups in total. The number of nitrogens with zero attached hydrogens (tertiary/aromatic N) is 1. The third-order valence-corrected chi connectivity index (χ3v) is 7.70. The van der Waals surface area contributed by atoms with Gasteiger partial charge in [-0.15, -0.1) is 0 Å². The van der Waals surface area contributed by atoms with E-state index in [0.717, 1.165) is 50.1 Å². The Hall–Kier alpha value is -2.59. The molecule has 2 aliphatic rings. The molecule has 0 bridgehead atoms. The van der Waals surface area contributed by atoms with Crippen LogP contribution >= 0.6 is 0 Å². The minimum Gasteiger partial charge on any atom is -0.354 e. The number of rotatable bonds is 4. The Kier molecular flexibility index (Phi) is 5.82. The summed E-state index contributed by atoms with van der Waals surface area (Å²) in [4.78, 5) is 19.2. The first-order valence-electron chi connectivity index (χ1n) is 12.6. The third-order valence-electron chi connectivity index (χ3n) is 7.70. The number of piperidine rings is 1. The van der Waals surface area contributed by atoms with Crippen molar-refractivity contribution in [3.05, 3.63) is 58.7 Å². The van der Waals surface area contributed by atoms with Crippen molar-refractivity contribution in [3.63, 3.8) is 0 Å². The highest BCUT2D eigenvalue weighted by Gasteiger charge is 2.35. The van der Waals surface area contributed by atoms with E-state index in [4.69, 9.17) is 0 Å². The van der Waals surface area contributed by atoms with Crippen LogP contribution < -0.4 is 5.32 Å². The number of aromatic nitrogens is 1. The molecule has 2 saturated heterocycles. The Balaban J connectivity index is 1.65. The zero-order valence-electron chi connectivity index (χ0n) is 20.6. The molecule has 3 aromatic rings. The minimum absolute atomic E-state index is 0.255. The minimum atomic E-state index is -0.530.